The maximum Gasteiger partial charge on any atom is 0.0707 e. The second-order valence-electron chi connectivity index (χ2n) is 13.4. The highest BCUT2D eigenvalue weighted by Gasteiger charge is 2.46. The third-order valence-corrected chi connectivity index (χ3v) is 8.99. The highest BCUT2D eigenvalue weighted by Crippen LogP contribution is 2.55. The van der Waals surface area contributed by atoms with Gasteiger partial charge in [0.25, 0.3) is 0 Å². The Bertz CT molecular complexity index is 1300. The maximum atomic E-state index is 4.00. The predicted octanol–water partition coefficient (Wildman–Crippen LogP) is 15.0. The topological polar surface area (TPSA) is 0 Å². The van der Waals surface area contributed by atoms with Crippen molar-refractivity contribution >= 4 is 0 Å². The fourth-order valence-corrected chi connectivity index (χ4v) is 6.02. The van der Waals surface area contributed by atoms with Crippen molar-refractivity contribution in [2.45, 2.75) is 145 Å². The van der Waals surface area contributed by atoms with Crippen LogP contribution in [0.4, 0.5) is 0 Å². The van der Waals surface area contributed by atoms with Crippen LogP contribution in [0.15, 0.2) is 121 Å². The van der Waals surface area contributed by atoms with Gasteiger partial charge in [0.05, 0.1) is 5.41 Å². The van der Waals surface area contributed by atoms with Crippen LogP contribution in [-0.4, -0.2) is 0 Å². The zero-order chi connectivity index (χ0) is 36.0. The van der Waals surface area contributed by atoms with Crippen molar-refractivity contribution in [2.24, 2.45) is 0 Å². The first-order valence-corrected chi connectivity index (χ1v) is 19.0. The van der Waals surface area contributed by atoms with Crippen LogP contribution in [0.1, 0.15) is 146 Å². The highest BCUT2D eigenvalue weighted by atomic mass is 14.5. The molecule has 0 spiro atoms. The first-order valence-electron chi connectivity index (χ1n) is 19.0. The van der Waals surface area contributed by atoms with Crippen LogP contribution >= 0.6 is 0 Å². The van der Waals surface area contributed by atoms with Crippen molar-refractivity contribution in [2.75, 3.05) is 0 Å². The van der Waals surface area contributed by atoms with E-state index in [0.717, 1.165) is 19.3 Å². The highest BCUT2D eigenvalue weighted by molar-refractivity contribution is 5.73. The average molecular weight is 647 g/mol. The molecule has 0 amide bonds. The molecule has 0 aromatic heterocycles. The normalized spacial score (nSPS) is 14.5. The number of rotatable bonds is 14. The average Bonchev–Trinajstić information content (AvgIpc) is 3.96. The lowest BCUT2D eigenvalue weighted by Gasteiger charge is -2.37. The summed E-state index contributed by atoms with van der Waals surface area (Å²) in [6.07, 6.45) is 29.7. The molecule has 4 rings (SSSR count). The minimum Gasteiger partial charge on any atom is -0.103 e. The van der Waals surface area contributed by atoms with Gasteiger partial charge in [-0.05, 0) is 115 Å². The monoisotopic (exact) mass is 647 g/mol. The Labute approximate surface area is 298 Å². The molecule has 1 fully saturated rings. The molecular weight excluding hydrogens is 577 g/mol. The van der Waals surface area contributed by atoms with E-state index < -0.39 is 5.41 Å². The van der Waals surface area contributed by atoms with Gasteiger partial charge in [-0.2, -0.15) is 0 Å². The van der Waals surface area contributed by atoms with Crippen LogP contribution in [0.25, 0.3) is 0 Å². The second kappa shape index (κ2) is 23.9. The Kier molecular flexibility index (Phi) is 21.2. The molecule has 2 aromatic carbocycles. The van der Waals surface area contributed by atoms with Gasteiger partial charge in [0.2, 0.25) is 0 Å². The molecule has 0 heterocycles. The van der Waals surface area contributed by atoms with E-state index in [9.17, 15) is 0 Å². The van der Waals surface area contributed by atoms with Crippen molar-refractivity contribution in [3.63, 3.8) is 0 Å². The van der Waals surface area contributed by atoms with Gasteiger partial charge in [-0.25, -0.2) is 0 Å². The summed E-state index contributed by atoms with van der Waals surface area (Å²) in [4.78, 5) is 0. The Hall–Kier alpha value is -3.38. The quantitative estimate of drug-likeness (QED) is 0.141. The number of hydrogen-bond acceptors (Lipinski definition) is 0. The minimum atomic E-state index is -0.392. The summed E-state index contributed by atoms with van der Waals surface area (Å²) in [5.41, 5.74) is 13.3. The van der Waals surface area contributed by atoms with Crippen LogP contribution in [0, 0.1) is 13.8 Å². The third-order valence-electron chi connectivity index (χ3n) is 8.99. The van der Waals surface area contributed by atoms with Crippen LogP contribution in [-0.2, 0) is 18.3 Å². The molecule has 2 aromatic rings. The van der Waals surface area contributed by atoms with E-state index in [-0.39, 0.29) is 0 Å². The molecule has 262 valence electrons. The zero-order valence-corrected chi connectivity index (χ0v) is 32.6. The van der Waals surface area contributed by atoms with E-state index in [1.165, 1.54) is 113 Å². The molecule has 0 atom stereocenters. The smallest absolute Gasteiger partial charge is 0.0707 e. The van der Waals surface area contributed by atoms with E-state index >= 15 is 0 Å². The van der Waals surface area contributed by atoms with E-state index in [1.54, 1.807) is 0 Å². The van der Waals surface area contributed by atoms with Gasteiger partial charge >= 0.3 is 0 Å². The van der Waals surface area contributed by atoms with Crippen molar-refractivity contribution in [1.29, 1.82) is 0 Å². The van der Waals surface area contributed by atoms with Crippen molar-refractivity contribution in [3.05, 3.63) is 154 Å². The van der Waals surface area contributed by atoms with Crippen LogP contribution in [0.3, 0.4) is 0 Å². The van der Waals surface area contributed by atoms with Crippen molar-refractivity contribution in [1.82, 2.24) is 0 Å². The Morgan fingerprint density at radius 1 is 0.604 bits per heavy atom. The lowest BCUT2D eigenvalue weighted by atomic mass is 9.65. The lowest BCUT2D eigenvalue weighted by Crippen LogP contribution is -2.30. The van der Waals surface area contributed by atoms with Gasteiger partial charge in [-0.3, -0.25) is 0 Å². The summed E-state index contributed by atoms with van der Waals surface area (Å²) >= 11 is 0. The van der Waals surface area contributed by atoms with Crippen LogP contribution in [0.5, 0.6) is 0 Å². The third kappa shape index (κ3) is 12.3. The summed E-state index contributed by atoms with van der Waals surface area (Å²) < 4.78 is 0. The number of aryl methyl sites for hydroxylation is 4. The summed E-state index contributed by atoms with van der Waals surface area (Å²) in [6, 6.07) is 14.4. The fraction of sp³-hybridized carbons (Fsp3) is 0.458. The van der Waals surface area contributed by atoms with Gasteiger partial charge in [-0.15, -0.1) is 6.58 Å². The molecule has 0 radical (unpaired) electrons. The van der Waals surface area contributed by atoms with E-state index in [2.05, 4.69) is 143 Å². The fourth-order valence-electron chi connectivity index (χ4n) is 6.02. The Morgan fingerprint density at radius 3 is 1.27 bits per heavy atom. The van der Waals surface area contributed by atoms with Gasteiger partial charge in [0.15, 0.2) is 0 Å². The summed E-state index contributed by atoms with van der Waals surface area (Å²) in [5, 5.41) is 0. The van der Waals surface area contributed by atoms with Crippen LogP contribution < -0.4 is 0 Å². The molecule has 0 N–H and O–H groups in total. The molecule has 2 aliphatic rings. The molecule has 0 unspecified atom stereocenters. The molecule has 0 heteroatoms. The Morgan fingerprint density at radius 2 is 1.00 bits per heavy atom. The van der Waals surface area contributed by atoms with Crippen LogP contribution in [0.2, 0.25) is 0 Å². The lowest BCUT2D eigenvalue weighted by molar-refractivity contribution is 0.736. The van der Waals surface area contributed by atoms with Gasteiger partial charge in [-0.1, -0.05) is 172 Å². The van der Waals surface area contributed by atoms with Gasteiger partial charge < -0.3 is 0 Å². The second-order valence-corrected chi connectivity index (χ2v) is 13.4. The molecule has 2 aliphatic carbocycles. The van der Waals surface area contributed by atoms with Crippen molar-refractivity contribution in [3.8, 4) is 0 Å². The van der Waals surface area contributed by atoms with Crippen molar-refractivity contribution < 1.29 is 0 Å². The number of unbranched alkanes of at least 4 members (excludes halogenated alkanes) is 3. The maximum absolute atomic E-state index is 4.00. The minimum absolute atomic E-state index is 0.392. The molecular formula is C48H70. The molecule has 0 nitrogen and oxygen atoms in total. The molecule has 0 aliphatic heterocycles. The largest absolute Gasteiger partial charge is 0.103 e. The SMILES string of the molecule is C1CC1.C=C/C=C\C1=C(C)C(C)=C(/C=C\C=C)C1(c1ccc(C)c(CCCC)c1)c1ccc(C)c(CCCC)c1.C=CCCC.CCC. The van der Waals surface area contributed by atoms with Gasteiger partial charge in [0.1, 0.15) is 0 Å². The number of hydrogen-bond donors (Lipinski definition) is 0. The molecule has 48 heavy (non-hydrogen) atoms. The summed E-state index contributed by atoms with van der Waals surface area (Å²) in [6.45, 7) is 31.5. The zero-order valence-electron chi connectivity index (χ0n) is 32.6. The standard InChI is InChI=1S/C37H46.C5H10.C3H6.C3H8/c1-9-13-17-31-25-33(23-21-27(31)5)37(34-24-22-28(6)32(26-34)18-14-10-2)35(19-15-11-3)29(7)30(8)36(37)20-16-12-4;1-3-5-4-2;1-2-3-1;1-3-2/h11-12,15-16,19-26H,3-4,9-10,13-14,17-18H2,1-2,5-8H3;3H,1,4-5H2,2H3;1-3H2;3H2,1-2H3/b19-15-,20-16-;;;. The van der Waals surface area contributed by atoms with E-state index in [4.69, 9.17) is 0 Å². The number of allylic oxidation sites excluding steroid dienone is 11. The summed E-state index contributed by atoms with van der Waals surface area (Å²) in [5.74, 6) is 0. The first kappa shape index (κ1) is 42.6. The van der Waals surface area contributed by atoms with E-state index in [0.29, 0.717) is 0 Å². The number of benzene rings is 2. The molecule has 1 saturated carbocycles. The van der Waals surface area contributed by atoms with E-state index in [1.807, 2.05) is 18.2 Å². The molecule has 0 saturated heterocycles. The summed E-state index contributed by atoms with van der Waals surface area (Å²) in [7, 11) is 0. The molecule has 0 bridgehead atoms. The predicted molar refractivity (Wildman–Crippen MR) is 219 cm³/mol. The van der Waals surface area contributed by atoms with Gasteiger partial charge in [0, 0.05) is 0 Å². The Balaban J connectivity index is 0.000000900. The first-order chi connectivity index (χ1) is 23.2.